The first-order valence-corrected chi connectivity index (χ1v) is 10.5. The Balaban J connectivity index is 2.15. The van der Waals surface area contributed by atoms with Gasteiger partial charge in [0.2, 0.25) is 10.0 Å². The van der Waals surface area contributed by atoms with Crippen molar-refractivity contribution >= 4 is 20.8 Å². The number of rotatable bonds is 6. The molecule has 0 aliphatic carbocycles. The molecule has 0 amide bonds. The number of aryl methyl sites for hydroxylation is 2. The van der Waals surface area contributed by atoms with Crippen LogP contribution in [0.4, 0.5) is 0 Å². The van der Waals surface area contributed by atoms with Crippen LogP contribution in [0.1, 0.15) is 22.3 Å². The van der Waals surface area contributed by atoms with Crippen molar-refractivity contribution in [3.8, 4) is 0 Å². The van der Waals surface area contributed by atoms with E-state index in [0.29, 0.717) is 11.5 Å². The highest BCUT2D eigenvalue weighted by Gasteiger charge is 2.17. The maximum Gasteiger partial charge on any atom is 0.242 e. The van der Waals surface area contributed by atoms with Crippen molar-refractivity contribution in [2.75, 3.05) is 14.1 Å². The molecule has 2 rings (SSSR count). The molecule has 0 aliphatic rings. The van der Waals surface area contributed by atoms with Crippen molar-refractivity contribution in [1.29, 1.82) is 0 Å². The quantitative estimate of drug-likeness (QED) is 0.791. The van der Waals surface area contributed by atoms with Gasteiger partial charge in [-0.15, -0.1) is 0 Å². The van der Waals surface area contributed by atoms with E-state index in [1.54, 1.807) is 18.2 Å². The second kappa shape index (κ2) is 7.59. The molecule has 4 nitrogen and oxygen atoms in total. The van der Waals surface area contributed by atoms with Gasteiger partial charge in [-0.25, -0.2) is 12.7 Å². The monoisotopic (exact) mass is 365 g/mol. The zero-order valence-corrected chi connectivity index (χ0v) is 16.1. The SMILES string of the molecule is Cc1cc(C)cc(C[S@@](=O)Cc2cccc(S(=O)(=O)N(C)C)c2)c1. The van der Waals surface area contributed by atoms with Crippen LogP contribution < -0.4 is 0 Å². The summed E-state index contributed by atoms with van der Waals surface area (Å²) in [6.07, 6.45) is 0. The van der Waals surface area contributed by atoms with Crippen molar-refractivity contribution < 1.29 is 12.6 Å². The highest BCUT2D eigenvalue weighted by Crippen LogP contribution is 2.17. The molecular formula is C18H23NO3S2. The first-order chi connectivity index (χ1) is 11.2. The molecule has 6 heteroatoms. The molecule has 1 atom stereocenters. The fourth-order valence-corrected chi connectivity index (χ4v) is 4.75. The normalized spacial score (nSPS) is 13.2. The molecule has 2 aromatic carbocycles. The molecule has 0 N–H and O–H groups in total. The standard InChI is InChI=1S/C18H23NO3S2/c1-14-8-15(2)10-17(9-14)13-23(20)12-16-6-5-7-18(11-16)24(21,22)19(3)4/h5-11H,12-13H2,1-4H3/t23-/m0/s1. The zero-order valence-electron chi connectivity index (χ0n) is 14.4. The van der Waals surface area contributed by atoms with Crippen molar-refractivity contribution in [2.24, 2.45) is 0 Å². The summed E-state index contributed by atoms with van der Waals surface area (Å²) in [6.45, 7) is 4.05. The molecule has 130 valence electrons. The van der Waals surface area contributed by atoms with Gasteiger partial charge in [-0.05, 0) is 37.1 Å². The average Bonchev–Trinajstić information content (AvgIpc) is 2.45. The fourth-order valence-electron chi connectivity index (χ4n) is 2.58. The Kier molecular flexibility index (Phi) is 5.96. The largest absolute Gasteiger partial charge is 0.259 e. The second-order valence-electron chi connectivity index (χ2n) is 6.16. The van der Waals surface area contributed by atoms with Crippen LogP contribution in [-0.4, -0.2) is 31.0 Å². The van der Waals surface area contributed by atoms with E-state index in [1.165, 1.54) is 18.4 Å². The van der Waals surface area contributed by atoms with Gasteiger partial charge < -0.3 is 0 Å². The second-order valence-corrected chi connectivity index (χ2v) is 9.77. The summed E-state index contributed by atoms with van der Waals surface area (Å²) < 4.78 is 38.0. The minimum Gasteiger partial charge on any atom is -0.259 e. The third-order valence-corrected chi connectivity index (χ3v) is 6.74. The number of nitrogens with zero attached hydrogens (tertiary/aromatic N) is 1. The lowest BCUT2D eigenvalue weighted by atomic mass is 10.1. The Morgan fingerprint density at radius 3 is 2.08 bits per heavy atom. The molecule has 24 heavy (non-hydrogen) atoms. The molecule has 0 aromatic heterocycles. The predicted octanol–water partition coefficient (Wildman–Crippen LogP) is 3.00. The highest BCUT2D eigenvalue weighted by atomic mass is 32.2. The van der Waals surface area contributed by atoms with Gasteiger partial charge >= 0.3 is 0 Å². The van der Waals surface area contributed by atoms with E-state index in [2.05, 4.69) is 6.07 Å². The molecule has 0 heterocycles. The minimum absolute atomic E-state index is 0.230. The van der Waals surface area contributed by atoms with Gasteiger partial charge in [0, 0.05) is 36.4 Å². The molecule has 0 aliphatic heterocycles. The van der Waals surface area contributed by atoms with E-state index >= 15 is 0 Å². The summed E-state index contributed by atoms with van der Waals surface area (Å²) in [4.78, 5) is 0.230. The number of benzene rings is 2. The Hall–Kier alpha value is -1.50. The van der Waals surface area contributed by atoms with Gasteiger partial charge in [0.15, 0.2) is 0 Å². The van der Waals surface area contributed by atoms with Crippen LogP contribution in [0.5, 0.6) is 0 Å². The molecule has 0 unspecified atom stereocenters. The summed E-state index contributed by atoms with van der Waals surface area (Å²) >= 11 is 0. The average molecular weight is 366 g/mol. The van der Waals surface area contributed by atoms with Crippen LogP contribution in [-0.2, 0) is 32.3 Å². The molecule has 2 aromatic rings. The van der Waals surface area contributed by atoms with Crippen molar-refractivity contribution in [3.63, 3.8) is 0 Å². The van der Waals surface area contributed by atoms with E-state index < -0.39 is 20.8 Å². The van der Waals surface area contributed by atoms with E-state index in [0.717, 1.165) is 22.3 Å². The lowest BCUT2D eigenvalue weighted by Crippen LogP contribution is -2.22. The minimum atomic E-state index is -3.47. The third-order valence-electron chi connectivity index (χ3n) is 3.61. The fraction of sp³-hybridized carbons (Fsp3) is 0.333. The molecule has 0 saturated heterocycles. The van der Waals surface area contributed by atoms with Crippen molar-refractivity contribution in [1.82, 2.24) is 4.31 Å². The topological polar surface area (TPSA) is 54.5 Å². The summed E-state index contributed by atoms with van der Waals surface area (Å²) in [6, 6.07) is 12.8. The van der Waals surface area contributed by atoms with Gasteiger partial charge in [0.05, 0.1) is 4.90 Å². The smallest absolute Gasteiger partial charge is 0.242 e. The Bertz CT molecular complexity index is 838. The maximum absolute atomic E-state index is 12.5. The Morgan fingerprint density at radius 2 is 1.50 bits per heavy atom. The maximum atomic E-state index is 12.5. The lowest BCUT2D eigenvalue weighted by Gasteiger charge is -2.12. The Labute approximate surface area is 147 Å². The van der Waals surface area contributed by atoms with Crippen LogP contribution in [0.15, 0.2) is 47.4 Å². The number of sulfonamides is 1. The summed E-state index contributed by atoms with van der Waals surface area (Å²) in [5.41, 5.74) is 4.12. The van der Waals surface area contributed by atoms with Gasteiger partial charge in [0.1, 0.15) is 0 Å². The van der Waals surface area contributed by atoms with Crippen LogP contribution >= 0.6 is 0 Å². The van der Waals surface area contributed by atoms with E-state index in [4.69, 9.17) is 0 Å². The van der Waals surface area contributed by atoms with Gasteiger partial charge in [-0.3, -0.25) is 4.21 Å². The molecular weight excluding hydrogens is 342 g/mol. The van der Waals surface area contributed by atoms with E-state index in [-0.39, 0.29) is 4.90 Å². The Morgan fingerprint density at radius 1 is 0.917 bits per heavy atom. The van der Waals surface area contributed by atoms with Gasteiger partial charge in [-0.1, -0.05) is 41.5 Å². The van der Waals surface area contributed by atoms with Gasteiger partial charge in [-0.2, -0.15) is 0 Å². The van der Waals surface area contributed by atoms with Crippen LogP contribution in [0.25, 0.3) is 0 Å². The number of hydrogen-bond donors (Lipinski definition) is 0. The first kappa shape index (κ1) is 18.8. The number of hydrogen-bond acceptors (Lipinski definition) is 3. The third kappa shape index (κ3) is 4.75. The van der Waals surface area contributed by atoms with Crippen LogP contribution in [0, 0.1) is 13.8 Å². The lowest BCUT2D eigenvalue weighted by molar-refractivity contribution is 0.520. The molecule has 0 radical (unpaired) electrons. The zero-order chi connectivity index (χ0) is 17.9. The van der Waals surface area contributed by atoms with Crippen molar-refractivity contribution in [3.05, 3.63) is 64.7 Å². The summed E-state index contributed by atoms with van der Waals surface area (Å²) in [5, 5.41) is 0. The molecule has 0 fully saturated rings. The van der Waals surface area contributed by atoms with Gasteiger partial charge in [0.25, 0.3) is 0 Å². The summed E-state index contributed by atoms with van der Waals surface area (Å²) in [5.74, 6) is 0.803. The van der Waals surface area contributed by atoms with Crippen molar-refractivity contribution in [2.45, 2.75) is 30.2 Å². The molecule has 0 spiro atoms. The first-order valence-electron chi connectivity index (χ1n) is 7.62. The molecule has 0 saturated carbocycles. The van der Waals surface area contributed by atoms with Crippen LogP contribution in [0.2, 0.25) is 0 Å². The van der Waals surface area contributed by atoms with Crippen LogP contribution in [0.3, 0.4) is 0 Å². The predicted molar refractivity (Wildman–Crippen MR) is 98.8 cm³/mol. The van der Waals surface area contributed by atoms with E-state index in [1.807, 2.05) is 32.0 Å². The highest BCUT2D eigenvalue weighted by molar-refractivity contribution is 7.89. The molecule has 0 bridgehead atoms. The van der Waals surface area contributed by atoms with E-state index in [9.17, 15) is 12.6 Å². The summed E-state index contributed by atoms with van der Waals surface area (Å²) in [7, 11) is -1.56.